The Morgan fingerprint density at radius 1 is 1.17 bits per heavy atom. The van der Waals surface area contributed by atoms with Crippen LogP contribution in [0.2, 0.25) is 0 Å². The maximum atomic E-state index is 14.8. The van der Waals surface area contributed by atoms with Crippen molar-refractivity contribution in [1.82, 2.24) is 10.6 Å². The highest BCUT2D eigenvalue weighted by atomic mass is 19.1. The summed E-state index contributed by atoms with van der Waals surface area (Å²) in [6.45, 7) is 4.28. The highest BCUT2D eigenvalue weighted by Crippen LogP contribution is 2.29. The van der Waals surface area contributed by atoms with E-state index in [1.54, 1.807) is 12.1 Å². The third kappa shape index (κ3) is 4.95. The molecule has 0 spiro atoms. The zero-order valence-corrected chi connectivity index (χ0v) is 16.7. The molecule has 2 saturated heterocycles. The number of benzene rings is 2. The number of carbonyl (C=O) groups excluding carboxylic acids is 2. The monoisotopic (exact) mass is 413 g/mol. The summed E-state index contributed by atoms with van der Waals surface area (Å²) in [6, 6.07) is 12.4. The zero-order valence-electron chi connectivity index (χ0n) is 16.7. The average Bonchev–Trinajstić information content (AvgIpc) is 3.47. The smallest absolute Gasteiger partial charge is 0.414 e. The summed E-state index contributed by atoms with van der Waals surface area (Å²) in [5.41, 5.74) is 2.77. The van der Waals surface area contributed by atoms with Gasteiger partial charge in [-0.2, -0.15) is 0 Å². The van der Waals surface area contributed by atoms with Crippen molar-refractivity contribution in [3.8, 4) is 11.1 Å². The third-order valence-corrected chi connectivity index (χ3v) is 5.09. The Morgan fingerprint density at radius 3 is 2.60 bits per heavy atom. The van der Waals surface area contributed by atoms with Crippen molar-refractivity contribution in [2.45, 2.75) is 25.7 Å². The highest BCUT2D eigenvalue weighted by Gasteiger charge is 2.32. The van der Waals surface area contributed by atoms with Crippen molar-refractivity contribution < 1.29 is 23.5 Å². The van der Waals surface area contributed by atoms with Gasteiger partial charge in [0.05, 0.1) is 31.5 Å². The van der Waals surface area contributed by atoms with Crippen molar-refractivity contribution >= 4 is 17.7 Å². The molecule has 0 aliphatic carbocycles. The van der Waals surface area contributed by atoms with Gasteiger partial charge in [0.2, 0.25) is 5.91 Å². The van der Waals surface area contributed by atoms with Gasteiger partial charge in [-0.25, -0.2) is 9.18 Å². The summed E-state index contributed by atoms with van der Waals surface area (Å²) < 4.78 is 25.2. The number of hydrogen-bond donors (Lipinski definition) is 2. The molecule has 0 bridgehead atoms. The minimum atomic E-state index is -0.550. The second-order valence-electron chi connectivity index (χ2n) is 7.50. The van der Waals surface area contributed by atoms with Crippen LogP contribution in [0.1, 0.15) is 12.5 Å². The van der Waals surface area contributed by atoms with Crippen LogP contribution in [0.3, 0.4) is 0 Å². The molecule has 0 aromatic heterocycles. The fourth-order valence-electron chi connectivity index (χ4n) is 3.37. The normalized spacial score (nSPS) is 20.2. The Kier molecular flexibility index (Phi) is 5.96. The van der Waals surface area contributed by atoms with Crippen LogP contribution in [0.25, 0.3) is 11.1 Å². The van der Waals surface area contributed by atoms with E-state index in [0.717, 1.165) is 30.8 Å². The van der Waals surface area contributed by atoms with Crippen molar-refractivity contribution in [3.63, 3.8) is 0 Å². The molecule has 2 N–H and O–H groups in total. The molecular weight excluding hydrogens is 389 g/mol. The summed E-state index contributed by atoms with van der Waals surface area (Å²) in [4.78, 5) is 24.5. The van der Waals surface area contributed by atoms with Crippen molar-refractivity contribution in [2.75, 3.05) is 31.1 Å². The maximum Gasteiger partial charge on any atom is 0.414 e. The summed E-state index contributed by atoms with van der Waals surface area (Å²) in [6.07, 6.45) is -0.673. The Bertz CT molecular complexity index is 930. The number of nitrogens with zero attached hydrogens (tertiary/aromatic N) is 1. The highest BCUT2D eigenvalue weighted by molar-refractivity contribution is 5.90. The number of carbonyl (C=O) groups is 2. The lowest BCUT2D eigenvalue weighted by Gasteiger charge is -2.15. The summed E-state index contributed by atoms with van der Waals surface area (Å²) in [5.74, 6) is -0.610. The van der Waals surface area contributed by atoms with E-state index in [1.165, 1.54) is 17.9 Å². The molecule has 2 fully saturated rings. The molecule has 2 heterocycles. The fourth-order valence-corrected chi connectivity index (χ4v) is 3.37. The molecule has 2 aliphatic heterocycles. The van der Waals surface area contributed by atoms with Crippen molar-refractivity contribution in [1.29, 1.82) is 0 Å². The first kappa shape index (κ1) is 20.3. The molecule has 4 rings (SSSR count). The molecule has 7 nitrogen and oxygen atoms in total. The van der Waals surface area contributed by atoms with Crippen molar-refractivity contribution in [2.24, 2.45) is 0 Å². The first-order chi connectivity index (χ1) is 14.5. The Morgan fingerprint density at radius 2 is 1.93 bits per heavy atom. The van der Waals surface area contributed by atoms with Crippen LogP contribution in [0.5, 0.6) is 0 Å². The second kappa shape index (κ2) is 8.81. The fraction of sp³-hybridized carbons (Fsp3) is 0.364. The predicted molar refractivity (Wildman–Crippen MR) is 110 cm³/mol. The van der Waals surface area contributed by atoms with E-state index < -0.39 is 18.0 Å². The van der Waals surface area contributed by atoms with Crippen LogP contribution in [0.4, 0.5) is 14.9 Å². The van der Waals surface area contributed by atoms with Gasteiger partial charge in [-0.3, -0.25) is 9.69 Å². The molecule has 8 heteroatoms. The van der Waals surface area contributed by atoms with Crippen LogP contribution in [-0.4, -0.2) is 50.4 Å². The standard InChI is InChI=1S/C22H24FN3O4/c1-14(27)25-11-18-12-26(22(28)30-18)17-6-7-20(21(23)8-17)16-4-2-15(3-5-16)9-24-10-19-13-29-19/h2-8,18-19,24H,9-13H2,1H3,(H,25,27)/t18-,19-/m0/s1. The SMILES string of the molecule is CC(=O)NC[C@H]1CN(c2ccc(-c3ccc(CNC[C@H]4CO4)cc3)c(F)c2)C(=O)O1. The zero-order chi connectivity index (χ0) is 21.1. The number of halogens is 1. The summed E-state index contributed by atoms with van der Waals surface area (Å²) in [5, 5.41) is 5.94. The quantitative estimate of drug-likeness (QED) is 0.650. The second-order valence-corrected chi connectivity index (χ2v) is 7.50. The number of nitrogens with one attached hydrogen (secondary N) is 2. The first-order valence-corrected chi connectivity index (χ1v) is 9.93. The number of cyclic esters (lactones) is 1. The number of rotatable bonds is 8. The van der Waals surface area contributed by atoms with E-state index in [1.807, 2.05) is 24.3 Å². The molecule has 0 radical (unpaired) electrons. The average molecular weight is 413 g/mol. The van der Waals surface area contributed by atoms with Gasteiger partial charge in [-0.05, 0) is 29.3 Å². The van der Waals surface area contributed by atoms with Crippen LogP contribution < -0.4 is 15.5 Å². The Hall–Kier alpha value is -2.97. The number of amides is 2. The molecule has 0 unspecified atom stereocenters. The van der Waals surface area contributed by atoms with Crippen LogP contribution >= 0.6 is 0 Å². The molecule has 2 aliphatic rings. The molecular formula is C22H24FN3O4. The summed E-state index contributed by atoms with van der Waals surface area (Å²) >= 11 is 0. The van der Waals surface area contributed by atoms with E-state index >= 15 is 0 Å². The van der Waals surface area contributed by atoms with Gasteiger partial charge < -0.3 is 20.1 Å². The lowest BCUT2D eigenvalue weighted by Crippen LogP contribution is -2.33. The minimum Gasteiger partial charge on any atom is -0.442 e. The van der Waals surface area contributed by atoms with Gasteiger partial charge in [0.1, 0.15) is 11.9 Å². The predicted octanol–water partition coefficient (Wildman–Crippen LogP) is 2.44. The molecule has 2 aromatic carbocycles. The van der Waals surface area contributed by atoms with Crippen LogP contribution in [0, 0.1) is 5.82 Å². The Balaban J connectivity index is 1.40. The number of ether oxygens (including phenoxy) is 2. The van der Waals surface area contributed by atoms with Gasteiger partial charge in [-0.15, -0.1) is 0 Å². The molecule has 2 aromatic rings. The van der Waals surface area contributed by atoms with Crippen LogP contribution in [0.15, 0.2) is 42.5 Å². The number of epoxide rings is 1. The van der Waals surface area contributed by atoms with E-state index in [4.69, 9.17) is 9.47 Å². The van der Waals surface area contributed by atoms with Gasteiger partial charge in [0.25, 0.3) is 0 Å². The largest absolute Gasteiger partial charge is 0.442 e. The van der Waals surface area contributed by atoms with E-state index in [2.05, 4.69) is 10.6 Å². The lowest BCUT2D eigenvalue weighted by molar-refractivity contribution is -0.119. The molecule has 2 amide bonds. The first-order valence-electron chi connectivity index (χ1n) is 9.93. The lowest BCUT2D eigenvalue weighted by atomic mass is 10.0. The Labute approximate surface area is 174 Å². The third-order valence-electron chi connectivity index (χ3n) is 5.09. The van der Waals surface area contributed by atoms with Crippen LogP contribution in [-0.2, 0) is 20.8 Å². The van der Waals surface area contributed by atoms with E-state index in [0.29, 0.717) is 17.4 Å². The number of anilines is 1. The van der Waals surface area contributed by atoms with Crippen molar-refractivity contribution in [3.05, 3.63) is 53.8 Å². The molecule has 30 heavy (non-hydrogen) atoms. The van der Waals surface area contributed by atoms with Gasteiger partial charge >= 0.3 is 6.09 Å². The maximum absolute atomic E-state index is 14.8. The summed E-state index contributed by atoms with van der Waals surface area (Å²) in [7, 11) is 0. The van der Waals surface area contributed by atoms with Gasteiger partial charge in [0, 0.05) is 25.6 Å². The molecule has 0 saturated carbocycles. The minimum absolute atomic E-state index is 0.196. The molecule has 158 valence electrons. The topological polar surface area (TPSA) is 83.2 Å². The van der Waals surface area contributed by atoms with Gasteiger partial charge in [0.15, 0.2) is 0 Å². The number of hydrogen-bond acceptors (Lipinski definition) is 5. The molecule has 2 atom stereocenters. The van der Waals surface area contributed by atoms with E-state index in [-0.39, 0.29) is 19.0 Å². The van der Waals surface area contributed by atoms with Gasteiger partial charge in [-0.1, -0.05) is 24.3 Å². The van der Waals surface area contributed by atoms with E-state index in [9.17, 15) is 14.0 Å².